The average Bonchev–Trinajstić information content (AvgIpc) is 2.45. The quantitative estimate of drug-likeness (QED) is 0.655. The summed E-state index contributed by atoms with van der Waals surface area (Å²) in [4.78, 5) is 21.0. The molecule has 0 spiro atoms. The van der Waals surface area contributed by atoms with E-state index in [1.165, 1.54) is 12.1 Å². The summed E-state index contributed by atoms with van der Waals surface area (Å²) in [6, 6.07) is 3.77. The zero-order valence-electron chi connectivity index (χ0n) is 10.8. The molecule has 1 saturated heterocycles. The van der Waals surface area contributed by atoms with Gasteiger partial charge < -0.3 is 14.6 Å². The van der Waals surface area contributed by atoms with Gasteiger partial charge in [0.15, 0.2) is 0 Å². The van der Waals surface area contributed by atoms with Crippen LogP contribution in [-0.2, 0) is 4.74 Å². The van der Waals surface area contributed by atoms with Crippen molar-refractivity contribution >= 4 is 11.7 Å². The van der Waals surface area contributed by atoms with Crippen molar-refractivity contribution in [2.45, 2.75) is 12.8 Å². The van der Waals surface area contributed by atoms with Gasteiger partial charge in [-0.15, -0.1) is 0 Å². The maximum absolute atomic E-state index is 11.0. The van der Waals surface area contributed by atoms with Gasteiger partial charge in [0.25, 0.3) is 5.69 Å². The van der Waals surface area contributed by atoms with E-state index in [0.29, 0.717) is 31.5 Å². The van der Waals surface area contributed by atoms with Crippen LogP contribution in [0.25, 0.3) is 0 Å². The molecule has 20 heavy (non-hydrogen) atoms. The number of carboxylic acid groups (broad SMARTS) is 1. The molecule has 0 saturated carbocycles. The first-order chi connectivity index (χ1) is 9.58. The van der Waals surface area contributed by atoms with E-state index in [0.717, 1.165) is 18.9 Å². The first-order valence-corrected chi connectivity index (χ1v) is 6.30. The van der Waals surface area contributed by atoms with E-state index in [4.69, 9.17) is 14.6 Å². The molecular formula is C13H15NO6. The number of nitrogens with zero attached hydrogens (tertiary/aromatic N) is 1. The van der Waals surface area contributed by atoms with Crippen LogP contribution >= 0.6 is 0 Å². The van der Waals surface area contributed by atoms with E-state index < -0.39 is 16.6 Å². The minimum atomic E-state index is -1.34. The molecule has 0 amide bonds. The number of carboxylic acids is 1. The minimum Gasteiger partial charge on any atom is -0.493 e. The Labute approximate surface area is 115 Å². The first-order valence-electron chi connectivity index (χ1n) is 6.30. The number of hydrogen-bond acceptors (Lipinski definition) is 5. The first kappa shape index (κ1) is 14.3. The second kappa shape index (κ2) is 6.33. The van der Waals surface area contributed by atoms with Crippen molar-refractivity contribution in [1.82, 2.24) is 0 Å². The summed E-state index contributed by atoms with van der Waals surface area (Å²) < 4.78 is 10.8. The Kier molecular flexibility index (Phi) is 4.52. The van der Waals surface area contributed by atoms with Gasteiger partial charge in [-0.3, -0.25) is 10.1 Å². The van der Waals surface area contributed by atoms with Gasteiger partial charge in [-0.1, -0.05) is 0 Å². The maximum Gasteiger partial charge on any atom is 0.342 e. The van der Waals surface area contributed by atoms with Crippen molar-refractivity contribution in [1.29, 1.82) is 0 Å². The summed E-state index contributed by atoms with van der Waals surface area (Å²) in [6.07, 6.45) is 1.80. The number of ether oxygens (including phenoxy) is 2. The molecule has 1 N–H and O–H groups in total. The molecule has 1 fully saturated rings. The molecule has 2 rings (SSSR count). The van der Waals surface area contributed by atoms with Crippen LogP contribution in [0, 0.1) is 16.0 Å². The molecule has 0 aliphatic carbocycles. The fourth-order valence-corrected chi connectivity index (χ4v) is 2.06. The van der Waals surface area contributed by atoms with Gasteiger partial charge in [-0.25, -0.2) is 4.79 Å². The average molecular weight is 281 g/mol. The van der Waals surface area contributed by atoms with Crippen molar-refractivity contribution in [3.05, 3.63) is 33.9 Å². The number of aromatic carboxylic acids is 1. The van der Waals surface area contributed by atoms with Crippen molar-refractivity contribution < 1.29 is 24.3 Å². The number of nitro groups is 1. The highest BCUT2D eigenvalue weighted by Gasteiger charge is 2.21. The fourth-order valence-electron chi connectivity index (χ4n) is 2.06. The van der Waals surface area contributed by atoms with Crippen molar-refractivity contribution in [2.75, 3.05) is 19.8 Å². The zero-order chi connectivity index (χ0) is 14.5. The smallest absolute Gasteiger partial charge is 0.342 e. The topological polar surface area (TPSA) is 98.9 Å². The molecule has 0 aromatic heterocycles. The van der Waals surface area contributed by atoms with Gasteiger partial charge in [0.05, 0.1) is 11.5 Å². The minimum absolute atomic E-state index is 0.333. The monoisotopic (exact) mass is 281 g/mol. The summed E-state index contributed by atoms with van der Waals surface area (Å²) >= 11 is 0. The molecule has 0 atom stereocenters. The molecule has 1 aromatic rings. The third-order valence-electron chi connectivity index (χ3n) is 3.22. The Morgan fingerprint density at radius 2 is 2.15 bits per heavy atom. The fraction of sp³-hybridized carbons (Fsp3) is 0.462. The second-order valence-electron chi connectivity index (χ2n) is 4.61. The number of carbonyl (C=O) groups is 1. The van der Waals surface area contributed by atoms with Crippen LogP contribution in [0.2, 0.25) is 0 Å². The van der Waals surface area contributed by atoms with E-state index in [1.54, 1.807) is 0 Å². The summed E-state index contributed by atoms with van der Waals surface area (Å²) in [5.41, 5.74) is -0.796. The summed E-state index contributed by atoms with van der Waals surface area (Å²) in [7, 11) is 0. The highest BCUT2D eigenvalue weighted by Crippen LogP contribution is 2.25. The van der Waals surface area contributed by atoms with E-state index in [1.807, 2.05) is 0 Å². The van der Waals surface area contributed by atoms with Gasteiger partial charge in [0.1, 0.15) is 11.3 Å². The lowest BCUT2D eigenvalue weighted by Crippen LogP contribution is -2.21. The van der Waals surface area contributed by atoms with Crippen LogP contribution < -0.4 is 4.74 Å². The SMILES string of the molecule is O=C(O)c1cc(OCC2CCOCC2)ccc1[N+](=O)[O-]. The van der Waals surface area contributed by atoms with Crippen molar-refractivity contribution in [2.24, 2.45) is 5.92 Å². The molecule has 1 aromatic carbocycles. The lowest BCUT2D eigenvalue weighted by atomic mass is 10.0. The molecule has 1 heterocycles. The van der Waals surface area contributed by atoms with Crippen LogP contribution in [0.1, 0.15) is 23.2 Å². The van der Waals surface area contributed by atoms with Gasteiger partial charge >= 0.3 is 5.97 Å². The van der Waals surface area contributed by atoms with Gasteiger partial charge in [0, 0.05) is 25.3 Å². The van der Waals surface area contributed by atoms with Gasteiger partial charge in [0.2, 0.25) is 0 Å². The molecule has 108 valence electrons. The van der Waals surface area contributed by atoms with Crippen molar-refractivity contribution in [3.8, 4) is 5.75 Å². The van der Waals surface area contributed by atoms with E-state index >= 15 is 0 Å². The second-order valence-corrected chi connectivity index (χ2v) is 4.61. The summed E-state index contributed by atoms with van der Waals surface area (Å²) in [5, 5.41) is 19.7. The number of nitro benzene ring substituents is 1. The number of rotatable bonds is 5. The van der Waals surface area contributed by atoms with E-state index in [2.05, 4.69) is 0 Å². The summed E-state index contributed by atoms with van der Waals surface area (Å²) in [5.74, 6) is -0.639. The van der Waals surface area contributed by atoms with E-state index in [-0.39, 0.29) is 5.56 Å². The largest absolute Gasteiger partial charge is 0.493 e. The molecule has 1 aliphatic rings. The third-order valence-corrected chi connectivity index (χ3v) is 3.22. The normalized spacial score (nSPS) is 15.8. The van der Waals surface area contributed by atoms with E-state index in [9.17, 15) is 14.9 Å². The Hall–Kier alpha value is -2.15. The Morgan fingerprint density at radius 3 is 2.75 bits per heavy atom. The molecule has 0 bridgehead atoms. The number of benzene rings is 1. The molecule has 0 radical (unpaired) electrons. The highest BCUT2D eigenvalue weighted by atomic mass is 16.6. The van der Waals surface area contributed by atoms with Crippen LogP contribution in [-0.4, -0.2) is 35.8 Å². The Bertz CT molecular complexity index is 510. The zero-order valence-corrected chi connectivity index (χ0v) is 10.8. The standard InChI is InChI=1S/C13H15NO6/c15-13(16)11-7-10(1-2-12(11)14(17)18)20-8-9-3-5-19-6-4-9/h1-2,7,9H,3-6,8H2,(H,15,16). The Balaban J connectivity index is 2.06. The molecule has 7 nitrogen and oxygen atoms in total. The molecule has 1 aliphatic heterocycles. The molecular weight excluding hydrogens is 266 g/mol. The van der Waals surface area contributed by atoms with Gasteiger partial charge in [-0.2, -0.15) is 0 Å². The van der Waals surface area contributed by atoms with Crippen LogP contribution in [0.15, 0.2) is 18.2 Å². The summed E-state index contributed by atoms with van der Waals surface area (Å²) in [6.45, 7) is 1.86. The van der Waals surface area contributed by atoms with Gasteiger partial charge in [-0.05, 0) is 24.8 Å². The van der Waals surface area contributed by atoms with Crippen LogP contribution in [0.5, 0.6) is 5.75 Å². The molecule has 0 unspecified atom stereocenters. The highest BCUT2D eigenvalue weighted by molar-refractivity contribution is 5.92. The predicted octanol–water partition coefficient (Wildman–Crippen LogP) is 2.10. The van der Waals surface area contributed by atoms with Crippen LogP contribution in [0.3, 0.4) is 0 Å². The predicted molar refractivity (Wildman–Crippen MR) is 69.1 cm³/mol. The van der Waals surface area contributed by atoms with Crippen molar-refractivity contribution in [3.63, 3.8) is 0 Å². The number of hydrogen-bond donors (Lipinski definition) is 1. The maximum atomic E-state index is 11.0. The lowest BCUT2D eigenvalue weighted by molar-refractivity contribution is -0.385. The van der Waals surface area contributed by atoms with Crippen LogP contribution in [0.4, 0.5) is 5.69 Å². The lowest BCUT2D eigenvalue weighted by Gasteiger charge is -2.22. The molecule has 7 heteroatoms. The Morgan fingerprint density at radius 1 is 1.45 bits per heavy atom. The third kappa shape index (κ3) is 3.45.